The van der Waals surface area contributed by atoms with Gasteiger partial charge in [0.2, 0.25) is 0 Å². The normalized spacial score (nSPS) is 32.4. The maximum absolute atomic E-state index is 9.58. The van der Waals surface area contributed by atoms with Gasteiger partial charge in [-0.25, -0.2) is 0 Å². The van der Waals surface area contributed by atoms with Gasteiger partial charge >= 0.3 is 0 Å². The summed E-state index contributed by atoms with van der Waals surface area (Å²) in [5.74, 6) is 0. The molecule has 0 radical (unpaired) electrons. The van der Waals surface area contributed by atoms with Crippen molar-refractivity contribution in [2.45, 2.75) is 38.6 Å². The number of benzene rings is 1. The van der Waals surface area contributed by atoms with Crippen molar-refractivity contribution in [2.24, 2.45) is 5.41 Å². The van der Waals surface area contributed by atoms with Crippen LogP contribution in [0.1, 0.15) is 43.4 Å². The third-order valence-corrected chi connectivity index (χ3v) is 4.73. The van der Waals surface area contributed by atoms with E-state index in [-0.39, 0.29) is 5.41 Å². The van der Waals surface area contributed by atoms with Gasteiger partial charge in [-0.2, -0.15) is 0 Å². The van der Waals surface area contributed by atoms with E-state index in [9.17, 15) is 5.11 Å². The van der Waals surface area contributed by atoms with Crippen molar-refractivity contribution < 1.29 is 5.11 Å². The van der Waals surface area contributed by atoms with Crippen molar-refractivity contribution in [2.75, 3.05) is 19.7 Å². The summed E-state index contributed by atoms with van der Waals surface area (Å²) in [6, 6.07) is 9.46. The van der Waals surface area contributed by atoms with Crippen LogP contribution in [0.15, 0.2) is 24.3 Å². The van der Waals surface area contributed by atoms with Gasteiger partial charge in [0, 0.05) is 24.6 Å². The first-order valence-electron chi connectivity index (χ1n) is 7.15. The van der Waals surface area contributed by atoms with Crippen LogP contribution in [0.3, 0.4) is 0 Å². The van der Waals surface area contributed by atoms with E-state index in [4.69, 9.17) is 0 Å². The van der Waals surface area contributed by atoms with Gasteiger partial charge in [-0.3, -0.25) is 4.90 Å². The number of fused-ring (bicyclic) bond motifs is 1. The average molecular weight is 245 g/mol. The van der Waals surface area contributed by atoms with Gasteiger partial charge in [0.15, 0.2) is 0 Å². The number of nitrogens with zero attached hydrogens (tertiary/aromatic N) is 1. The largest absolute Gasteiger partial charge is 0.396 e. The van der Waals surface area contributed by atoms with Crippen molar-refractivity contribution in [3.63, 3.8) is 0 Å². The predicted octanol–water partition coefficient (Wildman–Crippen LogP) is 2.77. The van der Waals surface area contributed by atoms with E-state index in [2.05, 4.69) is 36.1 Å². The molecule has 0 saturated carbocycles. The van der Waals surface area contributed by atoms with E-state index in [0.29, 0.717) is 12.6 Å². The highest BCUT2D eigenvalue weighted by molar-refractivity contribution is 5.34. The summed E-state index contributed by atoms with van der Waals surface area (Å²) in [6.07, 6.45) is 4.85. The molecule has 98 valence electrons. The SMILES string of the molecule is C[C@@]1(CO)CCCN([C@H]2CCc3ccccc32)C1. The summed E-state index contributed by atoms with van der Waals surface area (Å²) >= 11 is 0. The molecule has 1 aliphatic heterocycles. The first kappa shape index (κ1) is 12.2. The number of aliphatic hydroxyl groups excluding tert-OH is 1. The molecule has 1 N–H and O–H groups in total. The summed E-state index contributed by atoms with van der Waals surface area (Å²) in [7, 11) is 0. The molecule has 0 amide bonds. The van der Waals surface area contributed by atoms with E-state index in [1.807, 2.05) is 0 Å². The molecule has 0 bridgehead atoms. The molecule has 2 aliphatic rings. The van der Waals surface area contributed by atoms with Crippen LogP contribution in [0.2, 0.25) is 0 Å². The zero-order chi connectivity index (χ0) is 12.6. The average Bonchev–Trinajstić information content (AvgIpc) is 2.83. The van der Waals surface area contributed by atoms with E-state index in [0.717, 1.165) is 13.0 Å². The van der Waals surface area contributed by atoms with Crippen LogP contribution in [0.4, 0.5) is 0 Å². The number of hydrogen-bond donors (Lipinski definition) is 1. The number of hydrogen-bond acceptors (Lipinski definition) is 2. The molecule has 0 unspecified atom stereocenters. The molecule has 1 fully saturated rings. The van der Waals surface area contributed by atoms with E-state index in [1.54, 1.807) is 0 Å². The fourth-order valence-electron chi connectivity index (χ4n) is 3.67. The Bertz CT molecular complexity index is 431. The van der Waals surface area contributed by atoms with Crippen LogP contribution in [-0.4, -0.2) is 29.7 Å². The van der Waals surface area contributed by atoms with Crippen LogP contribution in [0, 0.1) is 5.41 Å². The van der Waals surface area contributed by atoms with E-state index < -0.39 is 0 Å². The second-order valence-electron chi connectivity index (χ2n) is 6.30. The maximum atomic E-state index is 9.58. The lowest BCUT2D eigenvalue weighted by Crippen LogP contribution is -2.44. The summed E-state index contributed by atoms with van der Waals surface area (Å²) in [4.78, 5) is 2.60. The Morgan fingerprint density at radius 1 is 1.39 bits per heavy atom. The number of piperidine rings is 1. The first-order valence-corrected chi connectivity index (χ1v) is 7.15. The lowest BCUT2D eigenvalue weighted by atomic mass is 9.82. The Kier molecular flexibility index (Phi) is 3.16. The fourth-order valence-corrected chi connectivity index (χ4v) is 3.67. The minimum absolute atomic E-state index is 0.107. The third-order valence-electron chi connectivity index (χ3n) is 4.73. The molecule has 0 aromatic heterocycles. The van der Waals surface area contributed by atoms with Gasteiger partial charge in [-0.05, 0) is 43.4 Å². The Morgan fingerprint density at radius 2 is 2.22 bits per heavy atom. The lowest BCUT2D eigenvalue weighted by molar-refractivity contribution is 0.0245. The van der Waals surface area contributed by atoms with Crippen LogP contribution in [-0.2, 0) is 6.42 Å². The minimum atomic E-state index is 0.107. The van der Waals surface area contributed by atoms with Gasteiger partial charge in [0.1, 0.15) is 0 Å². The van der Waals surface area contributed by atoms with Crippen LogP contribution in [0.25, 0.3) is 0 Å². The molecule has 2 nitrogen and oxygen atoms in total. The molecule has 18 heavy (non-hydrogen) atoms. The van der Waals surface area contributed by atoms with Crippen LogP contribution >= 0.6 is 0 Å². The van der Waals surface area contributed by atoms with Crippen LogP contribution < -0.4 is 0 Å². The number of likely N-dealkylation sites (tertiary alicyclic amines) is 1. The Morgan fingerprint density at radius 3 is 3.06 bits per heavy atom. The summed E-state index contributed by atoms with van der Waals surface area (Å²) in [5.41, 5.74) is 3.16. The molecular weight excluding hydrogens is 222 g/mol. The topological polar surface area (TPSA) is 23.5 Å². The quantitative estimate of drug-likeness (QED) is 0.866. The summed E-state index contributed by atoms with van der Waals surface area (Å²) in [6.45, 7) is 4.77. The number of rotatable bonds is 2. The third kappa shape index (κ3) is 2.08. The molecule has 2 atom stereocenters. The highest BCUT2D eigenvalue weighted by Crippen LogP contribution is 2.40. The van der Waals surface area contributed by atoms with E-state index in [1.165, 1.54) is 36.9 Å². The monoisotopic (exact) mass is 245 g/mol. The molecule has 3 rings (SSSR count). The van der Waals surface area contributed by atoms with E-state index >= 15 is 0 Å². The van der Waals surface area contributed by atoms with Gasteiger partial charge < -0.3 is 5.11 Å². The van der Waals surface area contributed by atoms with Crippen LogP contribution in [0.5, 0.6) is 0 Å². The maximum Gasteiger partial charge on any atom is 0.0497 e. The van der Waals surface area contributed by atoms with Crippen molar-refractivity contribution >= 4 is 0 Å². The highest BCUT2D eigenvalue weighted by Gasteiger charge is 2.36. The Balaban J connectivity index is 1.80. The molecule has 1 aromatic rings. The molecule has 1 aromatic carbocycles. The van der Waals surface area contributed by atoms with Crippen molar-refractivity contribution in [1.82, 2.24) is 4.90 Å². The first-order chi connectivity index (χ1) is 8.72. The van der Waals surface area contributed by atoms with Crippen molar-refractivity contribution in [1.29, 1.82) is 0 Å². The zero-order valence-corrected chi connectivity index (χ0v) is 11.2. The highest BCUT2D eigenvalue weighted by atomic mass is 16.3. The molecule has 1 aliphatic carbocycles. The second kappa shape index (κ2) is 4.67. The zero-order valence-electron chi connectivity index (χ0n) is 11.2. The fraction of sp³-hybridized carbons (Fsp3) is 0.625. The summed E-state index contributed by atoms with van der Waals surface area (Å²) in [5, 5.41) is 9.58. The van der Waals surface area contributed by atoms with Crippen molar-refractivity contribution in [3.05, 3.63) is 35.4 Å². The molecule has 2 heteroatoms. The second-order valence-corrected chi connectivity index (χ2v) is 6.30. The molecule has 1 saturated heterocycles. The lowest BCUT2D eigenvalue weighted by Gasteiger charge is -2.42. The van der Waals surface area contributed by atoms with Gasteiger partial charge in [0.25, 0.3) is 0 Å². The van der Waals surface area contributed by atoms with Gasteiger partial charge in [0.05, 0.1) is 0 Å². The van der Waals surface area contributed by atoms with Gasteiger partial charge in [-0.15, -0.1) is 0 Å². The Hall–Kier alpha value is -0.860. The molecule has 1 heterocycles. The number of aryl methyl sites for hydroxylation is 1. The predicted molar refractivity (Wildman–Crippen MR) is 73.5 cm³/mol. The van der Waals surface area contributed by atoms with Crippen molar-refractivity contribution in [3.8, 4) is 0 Å². The number of aliphatic hydroxyl groups is 1. The van der Waals surface area contributed by atoms with Gasteiger partial charge in [-0.1, -0.05) is 31.2 Å². The smallest absolute Gasteiger partial charge is 0.0497 e. The standard InChI is InChI=1S/C16H23NO/c1-16(12-18)9-4-10-17(11-16)15-8-7-13-5-2-3-6-14(13)15/h2-3,5-6,15,18H,4,7-12H2,1H3/t15-,16+/m0/s1. The Labute approximate surface area is 110 Å². The molecule has 0 spiro atoms. The minimum Gasteiger partial charge on any atom is -0.396 e. The molecular formula is C16H23NO. The summed E-state index contributed by atoms with van der Waals surface area (Å²) < 4.78 is 0.